The van der Waals surface area contributed by atoms with Crippen molar-refractivity contribution in [2.24, 2.45) is 4.99 Å². The van der Waals surface area contributed by atoms with E-state index in [9.17, 15) is 0 Å². The minimum atomic E-state index is -0.117. The van der Waals surface area contributed by atoms with Crippen molar-refractivity contribution in [3.8, 4) is 5.75 Å². The van der Waals surface area contributed by atoms with Gasteiger partial charge in [0.25, 0.3) is 0 Å². The zero-order valence-corrected chi connectivity index (χ0v) is 26.4. The van der Waals surface area contributed by atoms with Crippen molar-refractivity contribution in [1.29, 1.82) is 0 Å². The quantitative estimate of drug-likeness (QED) is 0.151. The van der Waals surface area contributed by atoms with Gasteiger partial charge in [-0.1, -0.05) is 134 Å². The van der Waals surface area contributed by atoms with Crippen LogP contribution in [-0.4, -0.2) is 12.8 Å². The van der Waals surface area contributed by atoms with Gasteiger partial charge in [-0.25, -0.2) is 0 Å². The molecule has 208 valence electrons. The molecular weight excluding hydrogens is 505 g/mol. The molecule has 4 aromatic carbocycles. The van der Waals surface area contributed by atoms with E-state index in [1.165, 1.54) is 38.7 Å². The molecule has 4 rings (SSSR count). The van der Waals surface area contributed by atoms with E-state index in [1.807, 2.05) is 7.05 Å². The van der Waals surface area contributed by atoms with Crippen molar-refractivity contribution < 1.29 is 4.74 Å². The molecule has 0 saturated carbocycles. The third-order valence-corrected chi connectivity index (χ3v) is 9.96. The molecule has 4 aromatic rings. The Labute approximate surface area is 243 Å². The van der Waals surface area contributed by atoms with E-state index >= 15 is 0 Å². The number of hydrogen-bond acceptors (Lipinski definition) is 2. The average molecular weight is 550 g/mol. The first-order chi connectivity index (χ1) is 19.1. The molecule has 0 N–H and O–H groups in total. The molecule has 0 heterocycles. The second-order valence-corrected chi connectivity index (χ2v) is 13.8. The molecule has 0 amide bonds. The molecule has 0 saturated heterocycles. The number of ether oxygens (including phenoxy) is 1. The van der Waals surface area contributed by atoms with Gasteiger partial charge >= 0.3 is 0 Å². The number of benzene rings is 4. The summed E-state index contributed by atoms with van der Waals surface area (Å²) in [5.41, 5.74) is 9.81. The minimum Gasteiger partial charge on any atom is -0.488 e. The van der Waals surface area contributed by atoms with Gasteiger partial charge in [0, 0.05) is 28.9 Å². The predicted molar refractivity (Wildman–Crippen MR) is 175 cm³/mol. The monoisotopic (exact) mass is 549 g/mol. The second-order valence-electron chi connectivity index (χ2n) is 11.9. The van der Waals surface area contributed by atoms with Crippen molar-refractivity contribution >= 4 is 19.6 Å². The van der Waals surface area contributed by atoms with Crippen LogP contribution in [0.2, 0.25) is 0 Å². The van der Waals surface area contributed by atoms with Gasteiger partial charge in [-0.05, 0) is 53.2 Å². The number of aryl methyl sites for hydroxylation is 2. The molecule has 0 spiro atoms. The normalized spacial score (nSPS) is 13.9. The summed E-state index contributed by atoms with van der Waals surface area (Å²) in [5.74, 6) is 1.02. The van der Waals surface area contributed by atoms with Gasteiger partial charge in [-0.2, -0.15) is 0 Å². The van der Waals surface area contributed by atoms with Gasteiger partial charge < -0.3 is 4.74 Å². The SMILES string of the molecule is CCC(C)(Pc1c(C)cccc1C(=NC)c1ccccc1)c1cc(C(C)(C)C)cc(C)c1OCc1ccccc1. The van der Waals surface area contributed by atoms with Gasteiger partial charge in [-0.15, -0.1) is 0 Å². The Bertz CT molecular complexity index is 1470. The van der Waals surface area contributed by atoms with Crippen molar-refractivity contribution in [2.75, 3.05) is 7.05 Å². The molecule has 3 heteroatoms. The number of rotatable bonds is 9. The third-order valence-electron chi connectivity index (χ3n) is 7.87. The highest BCUT2D eigenvalue weighted by Crippen LogP contribution is 2.50. The first-order valence-electron chi connectivity index (χ1n) is 14.3. The number of nitrogens with zero attached hydrogens (tertiary/aromatic N) is 1. The first-order valence-corrected chi connectivity index (χ1v) is 15.3. The fraction of sp³-hybridized carbons (Fsp3) is 0.324. The predicted octanol–water partition coefficient (Wildman–Crippen LogP) is 9.28. The summed E-state index contributed by atoms with van der Waals surface area (Å²) in [4.78, 5) is 4.80. The maximum atomic E-state index is 6.69. The van der Waals surface area contributed by atoms with E-state index in [4.69, 9.17) is 9.73 Å². The summed E-state index contributed by atoms with van der Waals surface area (Å²) in [7, 11) is 2.45. The largest absolute Gasteiger partial charge is 0.488 e. The molecule has 0 aliphatic rings. The van der Waals surface area contributed by atoms with Crippen molar-refractivity contribution in [2.45, 2.75) is 72.1 Å². The molecule has 0 fully saturated rings. The Hall–Kier alpha value is -3.22. The summed E-state index contributed by atoms with van der Waals surface area (Å²) in [6, 6.07) is 32.4. The van der Waals surface area contributed by atoms with E-state index in [0.29, 0.717) is 15.2 Å². The summed E-state index contributed by atoms with van der Waals surface area (Å²) in [5, 5.41) is 1.26. The Kier molecular flexibility index (Phi) is 9.32. The zero-order chi connectivity index (χ0) is 28.9. The summed E-state index contributed by atoms with van der Waals surface area (Å²) < 4.78 is 6.69. The molecule has 0 aromatic heterocycles. The summed E-state index contributed by atoms with van der Waals surface area (Å²) in [6.45, 7) is 16.6. The summed E-state index contributed by atoms with van der Waals surface area (Å²) >= 11 is 0. The highest BCUT2D eigenvalue weighted by atomic mass is 31.1. The van der Waals surface area contributed by atoms with E-state index < -0.39 is 0 Å². The maximum Gasteiger partial charge on any atom is 0.126 e. The lowest BCUT2D eigenvalue weighted by molar-refractivity contribution is 0.297. The van der Waals surface area contributed by atoms with Gasteiger partial charge in [0.15, 0.2) is 0 Å². The first kappa shape index (κ1) is 29.8. The van der Waals surface area contributed by atoms with Gasteiger partial charge in [0.05, 0.1) is 5.71 Å². The van der Waals surface area contributed by atoms with E-state index in [1.54, 1.807) is 0 Å². The van der Waals surface area contributed by atoms with Crippen LogP contribution in [0.4, 0.5) is 0 Å². The van der Waals surface area contributed by atoms with Crippen LogP contribution in [0, 0.1) is 13.8 Å². The van der Waals surface area contributed by atoms with Gasteiger partial charge in [-0.3, -0.25) is 4.99 Å². The average Bonchev–Trinajstić information content (AvgIpc) is 2.94. The van der Waals surface area contributed by atoms with Crippen LogP contribution in [0.3, 0.4) is 0 Å². The highest BCUT2D eigenvalue weighted by molar-refractivity contribution is 7.49. The third kappa shape index (κ3) is 6.56. The second kappa shape index (κ2) is 12.5. The lowest BCUT2D eigenvalue weighted by atomic mass is 9.82. The molecule has 0 aliphatic carbocycles. The number of hydrogen-bond donors (Lipinski definition) is 0. The lowest BCUT2D eigenvalue weighted by Gasteiger charge is -2.35. The Morgan fingerprint density at radius 1 is 0.800 bits per heavy atom. The van der Waals surface area contributed by atoms with E-state index in [2.05, 4.69) is 139 Å². The molecular formula is C37H44NOP. The van der Waals surface area contributed by atoms with Crippen LogP contribution >= 0.6 is 8.58 Å². The van der Waals surface area contributed by atoms with Crippen molar-refractivity contribution in [1.82, 2.24) is 0 Å². The van der Waals surface area contributed by atoms with E-state index in [0.717, 1.165) is 23.4 Å². The van der Waals surface area contributed by atoms with Crippen molar-refractivity contribution in [3.63, 3.8) is 0 Å². The maximum absolute atomic E-state index is 6.69. The molecule has 40 heavy (non-hydrogen) atoms. The molecule has 2 atom stereocenters. The molecule has 2 nitrogen and oxygen atoms in total. The number of aliphatic imine (C=N–C) groups is 1. The standard InChI is InChI=1S/C37H44NOP/c1-9-37(7,40-35-26(2)17-16-22-31(35)33(38-8)29-20-14-11-15-21-29)32-24-30(36(4,5)6)23-27(3)34(32)39-25-28-18-12-10-13-19-28/h10-24,40H,9,25H2,1-8H3. The summed E-state index contributed by atoms with van der Waals surface area (Å²) in [6.07, 6.45) is 0.998. The van der Waals surface area contributed by atoms with Crippen LogP contribution in [-0.2, 0) is 17.2 Å². The lowest BCUT2D eigenvalue weighted by Crippen LogP contribution is -2.25. The van der Waals surface area contributed by atoms with Crippen LogP contribution in [0.1, 0.15) is 80.0 Å². The van der Waals surface area contributed by atoms with Gasteiger partial charge in [0.1, 0.15) is 12.4 Å². The van der Waals surface area contributed by atoms with E-state index in [-0.39, 0.29) is 10.6 Å². The zero-order valence-electron chi connectivity index (χ0n) is 25.4. The van der Waals surface area contributed by atoms with Crippen LogP contribution in [0.25, 0.3) is 0 Å². The molecule has 0 aliphatic heterocycles. The van der Waals surface area contributed by atoms with Crippen molar-refractivity contribution in [3.05, 3.63) is 130 Å². The molecule has 2 unspecified atom stereocenters. The Balaban J connectivity index is 1.85. The molecule has 0 bridgehead atoms. The Morgan fingerprint density at radius 3 is 2.05 bits per heavy atom. The van der Waals surface area contributed by atoms with Crippen LogP contribution < -0.4 is 10.0 Å². The topological polar surface area (TPSA) is 21.6 Å². The fourth-order valence-corrected chi connectivity index (χ4v) is 6.86. The Morgan fingerprint density at radius 2 is 1.45 bits per heavy atom. The minimum absolute atomic E-state index is 0.0401. The fourth-order valence-electron chi connectivity index (χ4n) is 5.19. The van der Waals surface area contributed by atoms with Crippen LogP contribution in [0.5, 0.6) is 5.75 Å². The molecule has 0 radical (unpaired) electrons. The van der Waals surface area contributed by atoms with Crippen LogP contribution in [0.15, 0.2) is 96.0 Å². The highest BCUT2D eigenvalue weighted by Gasteiger charge is 2.33. The van der Waals surface area contributed by atoms with Gasteiger partial charge in [0.2, 0.25) is 0 Å². The smallest absolute Gasteiger partial charge is 0.126 e.